The minimum atomic E-state index is 0.0495. The number of carbonyl (C=O) groups excluding carboxylic acids is 1. The van der Waals surface area contributed by atoms with Gasteiger partial charge in [-0.3, -0.25) is 14.7 Å². The zero-order valence-corrected chi connectivity index (χ0v) is 17.6. The molecule has 29 heavy (non-hydrogen) atoms. The molecule has 4 nitrogen and oxygen atoms in total. The van der Waals surface area contributed by atoms with Gasteiger partial charge in [-0.15, -0.1) is 0 Å². The Balaban J connectivity index is 1.64. The number of hydrogen-bond donors (Lipinski definition) is 0. The molecule has 0 saturated heterocycles. The van der Waals surface area contributed by atoms with Gasteiger partial charge in [-0.1, -0.05) is 53.3 Å². The van der Waals surface area contributed by atoms with Gasteiger partial charge in [0.05, 0.1) is 16.8 Å². The number of aromatic nitrogens is 2. The van der Waals surface area contributed by atoms with E-state index >= 15 is 0 Å². The molecule has 0 aliphatic heterocycles. The molecule has 6 heteroatoms. The van der Waals surface area contributed by atoms with E-state index in [4.69, 9.17) is 16.6 Å². The molecule has 0 fully saturated rings. The molecule has 4 rings (SSSR count). The van der Waals surface area contributed by atoms with E-state index in [-0.39, 0.29) is 5.91 Å². The molecule has 0 aliphatic rings. The topological polar surface area (TPSA) is 46.1 Å². The standard InChI is InChI=1S/C23H20ClN3OS/c1-16-19(24)8-9-20-22(16)26-23(29-20)27(15-18-11-13-25-14-12-18)21(28)10-7-17-5-3-2-4-6-17/h2-6,8-9,11-14H,7,10,15H2,1H3. The molecule has 2 aromatic carbocycles. The predicted octanol–water partition coefficient (Wildman–Crippen LogP) is 5.82. The number of hydrogen-bond acceptors (Lipinski definition) is 4. The van der Waals surface area contributed by atoms with Crippen LogP contribution in [-0.2, 0) is 17.8 Å². The summed E-state index contributed by atoms with van der Waals surface area (Å²) >= 11 is 7.78. The molecule has 0 spiro atoms. The Morgan fingerprint density at radius 2 is 1.79 bits per heavy atom. The second-order valence-electron chi connectivity index (χ2n) is 6.84. The Kier molecular flexibility index (Phi) is 5.88. The SMILES string of the molecule is Cc1c(Cl)ccc2sc(N(Cc3ccncc3)C(=O)CCc3ccccc3)nc12. The summed E-state index contributed by atoms with van der Waals surface area (Å²) in [6.07, 6.45) is 4.60. The van der Waals surface area contributed by atoms with Gasteiger partial charge in [-0.05, 0) is 54.3 Å². The van der Waals surface area contributed by atoms with E-state index in [0.717, 1.165) is 26.9 Å². The minimum Gasteiger partial charge on any atom is -0.284 e. The van der Waals surface area contributed by atoms with Crippen molar-refractivity contribution in [1.82, 2.24) is 9.97 Å². The van der Waals surface area contributed by atoms with Crippen molar-refractivity contribution in [3.05, 3.63) is 88.7 Å². The number of nitrogens with zero attached hydrogens (tertiary/aromatic N) is 3. The van der Waals surface area contributed by atoms with Crippen LogP contribution >= 0.6 is 22.9 Å². The van der Waals surface area contributed by atoms with Crippen LogP contribution in [0.3, 0.4) is 0 Å². The largest absolute Gasteiger partial charge is 0.284 e. The number of halogens is 1. The highest BCUT2D eigenvalue weighted by Crippen LogP contribution is 2.34. The number of thiazole rings is 1. The fourth-order valence-electron chi connectivity index (χ4n) is 3.17. The number of benzene rings is 2. The smallest absolute Gasteiger partial charge is 0.229 e. The van der Waals surface area contributed by atoms with Crippen LogP contribution < -0.4 is 4.90 Å². The van der Waals surface area contributed by atoms with Crippen molar-refractivity contribution >= 4 is 44.2 Å². The summed E-state index contributed by atoms with van der Waals surface area (Å²) in [5.41, 5.74) is 3.96. The van der Waals surface area contributed by atoms with Gasteiger partial charge < -0.3 is 0 Å². The van der Waals surface area contributed by atoms with Gasteiger partial charge in [-0.25, -0.2) is 4.98 Å². The van der Waals surface area contributed by atoms with Crippen molar-refractivity contribution in [3.63, 3.8) is 0 Å². The number of carbonyl (C=O) groups is 1. The monoisotopic (exact) mass is 421 g/mol. The first-order valence-electron chi connectivity index (χ1n) is 9.40. The molecule has 0 aliphatic carbocycles. The lowest BCUT2D eigenvalue weighted by atomic mass is 10.1. The van der Waals surface area contributed by atoms with Crippen LogP contribution in [0.5, 0.6) is 0 Å². The number of fused-ring (bicyclic) bond motifs is 1. The number of rotatable bonds is 6. The molecule has 0 unspecified atom stereocenters. The van der Waals surface area contributed by atoms with Crippen molar-refractivity contribution in [1.29, 1.82) is 0 Å². The van der Waals surface area contributed by atoms with E-state index < -0.39 is 0 Å². The average Bonchev–Trinajstić information content (AvgIpc) is 3.19. The van der Waals surface area contributed by atoms with Crippen LogP contribution in [0, 0.1) is 6.92 Å². The van der Waals surface area contributed by atoms with Gasteiger partial charge >= 0.3 is 0 Å². The maximum atomic E-state index is 13.2. The van der Waals surface area contributed by atoms with Crippen molar-refractivity contribution in [2.24, 2.45) is 0 Å². The average molecular weight is 422 g/mol. The lowest BCUT2D eigenvalue weighted by Crippen LogP contribution is -2.30. The van der Waals surface area contributed by atoms with E-state index in [1.165, 1.54) is 11.3 Å². The lowest BCUT2D eigenvalue weighted by Gasteiger charge is -2.20. The number of aryl methyl sites for hydroxylation is 2. The quantitative estimate of drug-likeness (QED) is 0.394. The van der Waals surface area contributed by atoms with E-state index in [0.29, 0.717) is 29.5 Å². The van der Waals surface area contributed by atoms with Gasteiger partial charge in [-0.2, -0.15) is 0 Å². The highest BCUT2D eigenvalue weighted by atomic mass is 35.5. The third kappa shape index (κ3) is 4.47. The maximum Gasteiger partial charge on any atom is 0.229 e. The highest BCUT2D eigenvalue weighted by molar-refractivity contribution is 7.22. The van der Waals surface area contributed by atoms with Crippen molar-refractivity contribution in [2.75, 3.05) is 4.90 Å². The molecule has 1 amide bonds. The van der Waals surface area contributed by atoms with Crippen LogP contribution in [0.15, 0.2) is 67.0 Å². The van der Waals surface area contributed by atoms with Gasteiger partial charge in [0.2, 0.25) is 5.91 Å². The van der Waals surface area contributed by atoms with E-state index in [1.54, 1.807) is 17.3 Å². The minimum absolute atomic E-state index is 0.0495. The second-order valence-corrected chi connectivity index (χ2v) is 8.25. The molecular formula is C23H20ClN3OS. The van der Waals surface area contributed by atoms with Gasteiger partial charge in [0.25, 0.3) is 0 Å². The van der Waals surface area contributed by atoms with Crippen LogP contribution in [0.25, 0.3) is 10.2 Å². The number of amides is 1. The van der Waals surface area contributed by atoms with Crippen molar-refractivity contribution in [3.8, 4) is 0 Å². The third-order valence-electron chi connectivity index (χ3n) is 4.83. The Labute approximate surface area is 178 Å². The third-order valence-corrected chi connectivity index (χ3v) is 6.28. The molecule has 0 saturated carbocycles. The molecule has 0 bridgehead atoms. The summed E-state index contributed by atoms with van der Waals surface area (Å²) in [5.74, 6) is 0.0495. The van der Waals surface area contributed by atoms with Gasteiger partial charge in [0.15, 0.2) is 5.13 Å². The summed E-state index contributed by atoms with van der Waals surface area (Å²) in [4.78, 5) is 23.8. The Bertz CT molecular complexity index is 1130. The predicted molar refractivity (Wildman–Crippen MR) is 120 cm³/mol. The van der Waals surface area contributed by atoms with Gasteiger partial charge in [0.1, 0.15) is 0 Å². The summed E-state index contributed by atoms with van der Waals surface area (Å²) < 4.78 is 1.03. The van der Waals surface area contributed by atoms with Crippen molar-refractivity contribution in [2.45, 2.75) is 26.3 Å². The van der Waals surface area contributed by atoms with E-state index in [9.17, 15) is 4.79 Å². The molecular weight excluding hydrogens is 402 g/mol. The van der Waals surface area contributed by atoms with E-state index in [1.807, 2.05) is 61.5 Å². The zero-order chi connectivity index (χ0) is 20.2. The lowest BCUT2D eigenvalue weighted by molar-refractivity contribution is -0.118. The van der Waals surface area contributed by atoms with Crippen molar-refractivity contribution < 1.29 is 4.79 Å². The molecule has 146 valence electrons. The van der Waals surface area contributed by atoms with Crippen LogP contribution in [0.1, 0.15) is 23.1 Å². The van der Waals surface area contributed by atoms with Gasteiger partial charge in [0, 0.05) is 23.8 Å². The molecule has 2 heterocycles. The Morgan fingerprint density at radius 3 is 2.55 bits per heavy atom. The summed E-state index contributed by atoms with van der Waals surface area (Å²) in [6.45, 7) is 2.42. The number of anilines is 1. The van der Waals surface area contributed by atoms with Crippen LogP contribution in [0.2, 0.25) is 5.02 Å². The van der Waals surface area contributed by atoms with E-state index in [2.05, 4.69) is 4.98 Å². The molecule has 0 radical (unpaired) electrons. The number of pyridine rings is 1. The Morgan fingerprint density at radius 1 is 1.03 bits per heavy atom. The first kappa shape index (κ1) is 19.6. The fourth-order valence-corrected chi connectivity index (χ4v) is 4.36. The molecule has 4 aromatic rings. The first-order valence-corrected chi connectivity index (χ1v) is 10.6. The summed E-state index contributed by atoms with van der Waals surface area (Å²) in [5, 5.41) is 1.38. The zero-order valence-electron chi connectivity index (χ0n) is 16.0. The first-order chi connectivity index (χ1) is 14.1. The van der Waals surface area contributed by atoms with Crippen LogP contribution in [-0.4, -0.2) is 15.9 Å². The summed E-state index contributed by atoms with van der Waals surface area (Å²) in [6, 6.07) is 17.8. The molecule has 2 aromatic heterocycles. The Hall–Kier alpha value is -2.76. The molecule has 0 N–H and O–H groups in total. The fraction of sp³-hybridized carbons (Fsp3) is 0.174. The molecule has 0 atom stereocenters. The summed E-state index contributed by atoms with van der Waals surface area (Å²) in [7, 11) is 0. The highest BCUT2D eigenvalue weighted by Gasteiger charge is 2.21. The second kappa shape index (κ2) is 8.72. The van der Waals surface area contributed by atoms with Crippen LogP contribution in [0.4, 0.5) is 5.13 Å². The maximum absolute atomic E-state index is 13.2. The normalized spacial score (nSPS) is 11.0.